The van der Waals surface area contributed by atoms with Crippen molar-refractivity contribution in [1.29, 1.82) is 0 Å². The number of hydrogen-bond acceptors (Lipinski definition) is 8. The van der Waals surface area contributed by atoms with Gasteiger partial charge in [-0.15, -0.1) is 0 Å². The van der Waals surface area contributed by atoms with Gasteiger partial charge in [0.15, 0.2) is 0 Å². The molecular formula is C23H33NO8. The minimum Gasteiger partial charge on any atom is -0.431 e. The van der Waals surface area contributed by atoms with Gasteiger partial charge in [-0.3, -0.25) is 4.79 Å². The highest BCUT2D eigenvalue weighted by atomic mass is 16.8. The number of β-lactam (4-membered cyclic amide) rings is 1. The van der Waals surface area contributed by atoms with Gasteiger partial charge in [-0.1, -0.05) is 6.42 Å². The third-order valence-electron chi connectivity index (χ3n) is 7.19. The molecule has 0 spiro atoms. The Morgan fingerprint density at radius 2 is 1.75 bits per heavy atom. The maximum absolute atomic E-state index is 13.1. The van der Waals surface area contributed by atoms with Gasteiger partial charge in [-0.05, 0) is 57.4 Å². The highest BCUT2D eigenvalue weighted by Gasteiger charge is 2.62. The summed E-state index contributed by atoms with van der Waals surface area (Å²) >= 11 is 0. The molecule has 6 atom stereocenters. The number of rotatable bonds is 6. The molecule has 9 nitrogen and oxygen atoms in total. The highest BCUT2D eigenvalue weighted by Crippen LogP contribution is 2.52. The number of amides is 1. The van der Waals surface area contributed by atoms with E-state index in [-0.39, 0.29) is 35.8 Å². The smallest absolute Gasteiger partial charge is 0.431 e. The fourth-order valence-electron chi connectivity index (χ4n) is 5.78. The topological polar surface area (TPSA) is 112 Å². The molecule has 0 radical (unpaired) electrons. The van der Waals surface area contributed by atoms with Crippen LogP contribution < -0.4 is 0 Å². The average molecular weight is 452 g/mol. The van der Waals surface area contributed by atoms with Crippen LogP contribution in [0.15, 0.2) is 11.3 Å². The molecule has 1 N–H and O–H groups in total. The average Bonchev–Trinajstić information content (AvgIpc) is 3.04. The zero-order valence-corrected chi connectivity index (χ0v) is 19.0. The zero-order valence-electron chi connectivity index (χ0n) is 19.0. The van der Waals surface area contributed by atoms with E-state index in [4.69, 9.17) is 18.9 Å². The lowest BCUT2D eigenvalue weighted by molar-refractivity contribution is -0.174. The Kier molecular flexibility index (Phi) is 6.76. The zero-order chi connectivity index (χ0) is 23.0. The lowest BCUT2D eigenvalue weighted by Gasteiger charge is -2.47. The van der Waals surface area contributed by atoms with Crippen molar-refractivity contribution in [3.63, 3.8) is 0 Å². The monoisotopic (exact) mass is 451 g/mol. The minimum atomic E-state index is -1.17. The molecule has 1 unspecified atom stereocenters. The Hall–Kier alpha value is -2.13. The molecule has 2 saturated carbocycles. The van der Waals surface area contributed by atoms with Crippen LogP contribution >= 0.6 is 0 Å². The number of aliphatic hydroxyl groups excluding tert-OH is 1. The van der Waals surface area contributed by atoms with Crippen molar-refractivity contribution in [1.82, 2.24) is 4.90 Å². The first-order valence-electron chi connectivity index (χ1n) is 11.7. The second-order valence-electron chi connectivity index (χ2n) is 9.25. The van der Waals surface area contributed by atoms with Crippen LogP contribution in [0.1, 0.15) is 65.2 Å². The lowest BCUT2D eigenvalue weighted by atomic mass is 9.72. The number of hydrogen-bond donors (Lipinski definition) is 1. The molecule has 0 aromatic heterocycles. The third kappa shape index (κ3) is 4.12. The molecule has 32 heavy (non-hydrogen) atoms. The molecule has 2 heterocycles. The quantitative estimate of drug-likeness (QED) is 0.373. The second-order valence-corrected chi connectivity index (χ2v) is 9.25. The first-order valence-corrected chi connectivity index (χ1v) is 11.7. The number of nitrogens with zero attached hydrogens (tertiary/aromatic N) is 1. The van der Waals surface area contributed by atoms with Gasteiger partial charge in [0.05, 0.1) is 24.2 Å². The summed E-state index contributed by atoms with van der Waals surface area (Å²) in [6.45, 7) is 3.04. The molecule has 3 fully saturated rings. The summed E-state index contributed by atoms with van der Waals surface area (Å²) in [4.78, 5) is 39.5. The van der Waals surface area contributed by atoms with E-state index < -0.39 is 30.4 Å². The van der Waals surface area contributed by atoms with E-state index in [9.17, 15) is 19.5 Å². The Bertz CT molecular complexity index is 787. The van der Waals surface area contributed by atoms with Gasteiger partial charge in [0, 0.05) is 20.0 Å². The van der Waals surface area contributed by atoms with Crippen molar-refractivity contribution >= 4 is 18.0 Å². The van der Waals surface area contributed by atoms with E-state index in [1.807, 2.05) is 0 Å². The van der Waals surface area contributed by atoms with Gasteiger partial charge in [-0.2, -0.15) is 0 Å². The summed E-state index contributed by atoms with van der Waals surface area (Å²) < 4.78 is 21.5. The van der Waals surface area contributed by atoms with Crippen molar-refractivity contribution < 1.29 is 38.4 Å². The molecule has 0 aromatic carbocycles. The van der Waals surface area contributed by atoms with Crippen LogP contribution in [0.5, 0.6) is 0 Å². The van der Waals surface area contributed by atoms with Crippen molar-refractivity contribution in [2.24, 2.45) is 11.8 Å². The second kappa shape index (κ2) is 9.39. The van der Waals surface area contributed by atoms with Gasteiger partial charge in [-0.25, -0.2) is 9.59 Å². The van der Waals surface area contributed by atoms with Gasteiger partial charge < -0.3 is 29.0 Å². The first kappa shape index (κ1) is 23.0. The van der Waals surface area contributed by atoms with E-state index in [2.05, 4.69) is 0 Å². The Morgan fingerprint density at radius 1 is 1.03 bits per heavy atom. The number of carbonyl (C=O) groups is 3. The lowest BCUT2D eigenvalue weighted by Crippen LogP contribution is -2.64. The number of fused-ring (bicyclic) bond motifs is 3. The minimum absolute atomic E-state index is 0.0546. The molecule has 0 bridgehead atoms. The molecule has 2 aliphatic carbocycles. The maximum Gasteiger partial charge on any atom is 0.511 e. The van der Waals surface area contributed by atoms with E-state index in [0.717, 1.165) is 56.9 Å². The summed E-state index contributed by atoms with van der Waals surface area (Å²) in [6, 6.07) is -0.273. The predicted octanol–water partition coefficient (Wildman–Crippen LogP) is 2.65. The summed E-state index contributed by atoms with van der Waals surface area (Å²) in [5.74, 6) is -1.62. The van der Waals surface area contributed by atoms with Gasteiger partial charge in [0.2, 0.25) is 12.2 Å². The number of ether oxygens (including phenoxy) is 4. The summed E-state index contributed by atoms with van der Waals surface area (Å²) in [6.07, 6.45) is 3.94. The number of methoxy groups -OCH3 is 1. The standard InChI is InChI=1S/C23H33NO8/c1-12(25)17-19-15-10-7-11-16(29-3)18(15)20(24(19)21(17)26)22(27)30-13(2)31-23(28)32-14-8-5-4-6-9-14/h12-17,19,25H,4-11H2,1-3H3/t12-,13+,15+,16+,17?,19-/m1/s1. The van der Waals surface area contributed by atoms with E-state index in [0.29, 0.717) is 0 Å². The third-order valence-corrected chi connectivity index (χ3v) is 7.19. The summed E-state index contributed by atoms with van der Waals surface area (Å²) in [7, 11) is 1.58. The van der Waals surface area contributed by atoms with Crippen molar-refractivity contribution in [2.45, 2.75) is 95.9 Å². The van der Waals surface area contributed by atoms with Crippen molar-refractivity contribution in [2.75, 3.05) is 7.11 Å². The number of aliphatic hydroxyl groups is 1. The molecule has 0 aromatic rings. The van der Waals surface area contributed by atoms with Crippen molar-refractivity contribution in [3.8, 4) is 0 Å². The molecule has 1 saturated heterocycles. The molecule has 4 rings (SSSR count). The molecular weight excluding hydrogens is 418 g/mol. The van der Waals surface area contributed by atoms with Crippen molar-refractivity contribution in [3.05, 3.63) is 11.3 Å². The molecule has 178 valence electrons. The van der Waals surface area contributed by atoms with Crippen LogP contribution in [-0.2, 0) is 28.5 Å². The summed E-state index contributed by atoms with van der Waals surface area (Å²) in [5, 5.41) is 10.1. The van der Waals surface area contributed by atoms with Gasteiger partial charge >= 0.3 is 12.1 Å². The van der Waals surface area contributed by atoms with Crippen LogP contribution in [0, 0.1) is 11.8 Å². The van der Waals surface area contributed by atoms with E-state index >= 15 is 0 Å². The molecule has 4 aliphatic rings. The largest absolute Gasteiger partial charge is 0.511 e. The first-order chi connectivity index (χ1) is 15.3. The fourth-order valence-corrected chi connectivity index (χ4v) is 5.78. The van der Waals surface area contributed by atoms with Gasteiger partial charge in [0.25, 0.3) is 0 Å². The molecule has 9 heteroatoms. The van der Waals surface area contributed by atoms with E-state index in [1.54, 1.807) is 14.0 Å². The van der Waals surface area contributed by atoms with Crippen LogP contribution in [-0.4, -0.2) is 65.8 Å². The van der Waals surface area contributed by atoms with Gasteiger partial charge in [0.1, 0.15) is 11.8 Å². The number of esters is 1. The fraction of sp³-hybridized carbons (Fsp3) is 0.783. The number of carbonyl (C=O) groups excluding carboxylic acids is 3. The van der Waals surface area contributed by atoms with Crippen LogP contribution in [0.4, 0.5) is 4.79 Å². The molecule has 2 aliphatic heterocycles. The Labute approximate surface area is 188 Å². The van der Waals surface area contributed by atoms with E-state index in [1.165, 1.54) is 11.8 Å². The predicted molar refractivity (Wildman–Crippen MR) is 111 cm³/mol. The highest BCUT2D eigenvalue weighted by molar-refractivity contribution is 6.01. The Balaban J connectivity index is 1.46. The normalized spacial score (nSPS) is 31.9. The maximum atomic E-state index is 13.1. The van der Waals surface area contributed by atoms with Crippen LogP contribution in [0.3, 0.4) is 0 Å². The Morgan fingerprint density at radius 3 is 2.41 bits per heavy atom. The molecule has 1 amide bonds. The SMILES string of the molecule is CO[C@H]1CCC[C@H]2C1=C(C(=O)O[C@H](C)OC(=O)OC1CCCCC1)N1C(=O)C([C@@H](C)O)[C@@H]21. The summed E-state index contributed by atoms with van der Waals surface area (Å²) in [5.41, 5.74) is 0.923. The van der Waals surface area contributed by atoms with Crippen LogP contribution in [0.25, 0.3) is 0 Å². The van der Waals surface area contributed by atoms with Crippen LogP contribution in [0.2, 0.25) is 0 Å².